The van der Waals surface area contributed by atoms with Gasteiger partial charge in [0.1, 0.15) is 4.90 Å². The number of ether oxygens (including phenoxy) is 1. The van der Waals surface area contributed by atoms with Gasteiger partial charge in [-0.3, -0.25) is 4.79 Å². The SMILES string of the molecule is CCOc1cc(/C=N\NC(=O)c2cccc3ccccc23)cc(I)c1OS(=O)(=O)c1ccc(C)cc1. The number of amides is 1. The first-order chi connectivity index (χ1) is 17.3. The van der Waals surface area contributed by atoms with Crippen molar-refractivity contribution in [3.8, 4) is 11.5 Å². The molecule has 0 saturated carbocycles. The van der Waals surface area contributed by atoms with Gasteiger partial charge in [0.15, 0.2) is 11.5 Å². The maximum Gasteiger partial charge on any atom is 0.339 e. The van der Waals surface area contributed by atoms with Crippen molar-refractivity contribution in [3.05, 3.63) is 99.1 Å². The number of rotatable bonds is 8. The van der Waals surface area contributed by atoms with Crippen molar-refractivity contribution in [2.75, 3.05) is 6.61 Å². The van der Waals surface area contributed by atoms with Crippen LogP contribution in [0.3, 0.4) is 0 Å². The van der Waals surface area contributed by atoms with Gasteiger partial charge in [0, 0.05) is 5.56 Å². The molecular weight excluding hydrogens is 591 g/mol. The number of benzene rings is 4. The van der Waals surface area contributed by atoms with Crippen molar-refractivity contribution in [2.45, 2.75) is 18.7 Å². The van der Waals surface area contributed by atoms with Crippen LogP contribution in [0.25, 0.3) is 10.8 Å². The quantitative estimate of drug-likeness (QED) is 0.119. The molecule has 0 aromatic heterocycles. The summed E-state index contributed by atoms with van der Waals surface area (Å²) in [6.45, 7) is 3.96. The molecule has 36 heavy (non-hydrogen) atoms. The number of aryl methyl sites for hydroxylation is 1. The molecule has 0 bridgehead atoms. The van der Waals surface area contributed by atoms with Crippen LogP contribution >= 0.6 is 22.6 Å². The summed E-state index contributed by atoms with van der Waals surface area (Å²) in [5.41, 5.74) is 4.60. The van der Waals surface area contributed by atoms with E-state index < -0.39 is 10.1 Å². The van der Waals surface area contributed by atoms with E-state index in [9.17, 15) is 13.2 Å². The zero-order valence-electron chi connectivity index (χ0n) is 19.6. The van der Waals surface area contributed by atoms with Gasteiger partial charge in [-0.2, -0.15) is 13.5 Å². The van der Waals surface area contributed by atoms with Crippen molar-refractivity contribution >= 4 is 55.6 Å². The van der Waals surface area contributed by atoms with Crippen LogP contribution in [0.15, 0.2) is 88.9 Å². The Morgan fingerprint density at radius 3 is 2.50 bits per heavy atom. The number of nitrogens with one attached hydrogen (secondary N) is 1. The minimum atomic E-state index is -4.06. The molecule has 0 saturated heterocycles. The summed E-state index contributed by atoms with van der Waals surface area (Å²) in [4.78, 5) is 12.8. The molecule has 1 amide bonds. The van der Waals surface area contributed by atoms with Crippen LogP contribution in [0.2, 0.25) is 0 Å². The smallest absolute Gasteiger partial charge is 0.339 e. The second-order valence-corrected chi connectivity index (χ2v) is 10.5. The van der Waals surface area contributed by atoms with Crippen LogP contribution < -0.4 is 14.3 Å². The number of carbonyl (C=O) groups excluding carboxylic acids is 1. The number of hydrogen-bond donors (Lipinski definition) is 1. The lowest BCUT2D eigenvalue weighted by Crippen LogP contribution is -2.18. The molecule has 0 heterocycles. The van der Waals surface area contributed by atoms with Gasteiger partial charge in [-0.05, 0) is 83.1 Å². The molecule has 0 fully saturated rings. The number of hydrogen-bond acceptors (Lipinski definition) is 6. The number of nitrogens with zero attached hydrogens (tertiary/aromatic N) is 1. The Morgan fingerprint density at radius 2 is 1.75 bits per heavy atom. The summed E-state index contributed by atoms with van der Waals surface area (Å²) in [5, 5.41) is 5.87. The van der Waals surface area contributed by atoms with Crippen molar-refractivity contribution < 1.29 is 22.1 Å². The first kappa shape index (κ1) is 25.6. The predicted octanol–water partition coefficient (Wildman–Crippen LogP) is 5.68. The Balaban J connectivity index is 1.56. The Kier molecular flexibility index (Phi) is 7.90. The molecule has 0 spiro atoms. The molecule has 0 atom stereocenters. The third-order valence-corrected chi connectivity index (χ3v) is 7.29. The summed E-state index contributed by atoms with van der Waals surface area (Å²) in [5.74, 6) is 0.00352. The van der Waals surface area contributed by atoms with Crippen LogP contribution in [-0.4, -0.2) is 27.1 Å². The Hall–Kier alpha value is -3.44. The second-order valence-electron chi connectivity index (χ2n) is 7.84. The standard InChI is InChI=1S/C27H23IN2O5S/c1-3-34-25-16-19(15-24(28)26(25)35-36(32,33)21-13-11-18(2)12-14-21)17-29-30-27(31)23-10-6-8-20-7-4-5-9-22(20)23/h4-17H,3H2,1-2H3,(H,30,31)/b29-17-. The lowest BCUT2D eigenvalue weighted by Gasteiger charge is -2.14. The van der Waals surface area contributed by atoms with E-state index in [2.05, 4.69) is 10.5 Å². The lowest BCUT2D eigenvalue weighted by atomic mass is 10.0. The fourth-order valence-corrected chi connectivity index (χ4v) is 5.36. The molecule has 0 aliphatic carbocycles. The average Bonchev–Trinajstić information content (AvgIpc) is 2.86. The van der Waals surface area contributed by atoms with Gasteiger partial charge < -0.3 is 8.92 Å². The van der Waals surface area contributed by atoms with E-state index in [1.165, 1.54) is 18.3 Å². The Bertz CT molecular complexity index is 1550. The first-order valence-electron chi connectivity index (χ1n) is 11.1. The van der Waals surface area contributed by atoms with Crippen LogP contribution in [-0.2, 0) is 10.1 Å². The summed E-state index contributed by atoms with van der Waals surface area (Å²) in [6, 6.07) is 22.8. The fraction of sp³-hybridized carbons (Fsp3) is 0.111. The molecule has 4 aromatic rings. The third-order valence-electron chi connectivity index (χ3n) is 5.25. The fourth-order valence-electron chi connectivity index (χ4n) is 3.52. The van der Waals surface area contributed by atoms with Crippen molar-refractivity contribution in [1.82, 2.24) is 5.43 Å². The third kappa shape index (κ3) is 5.85. The highest BCUT2D eigenvalue weighted by Crippen LogP contribution is 2.36. The minimum Gasteiger partial charge on any atom is -0.490 e. The number of hydrazone groups is 1. The zero-order valence-corrected chi connectivity index (χ0v) is 22.5. The topological polar surface area (TPSA) is 94.1 Å². The highest BCUT2D eigenvalue weighted by Gasteiger charge is 2.22. The molecule has 0 aliphatic heterocycles. The monoisotopic (exact) mass is 614 g/mol. The minimum absolute atomic E-state index is 0.0492. The van der Waals surface area contributed by atoms with Crippen LogP contribution in [0.4, 0.5) is 0 Å². The van der Waals surface area contributed by atoms with Crippen LogP contribution in [0.5, 0.6) is 11.5 Å². The van der Waals surface area contributed by atoms with E-state index >= 15 is 0 Å². The van der Waals surface area contributed by atoms with Gasteiger partial charge in [0.05, 0.1) is 16.4 Å². The van der Waals surface area contributed by atoms with E-state index in [4.69, 9.17) is 8.92 Å². The summed E-state index contributed by atoms with van der Waals surface area (Å²) >= 11 is 1.98. The molecule has 4 aromatic carbocycles. The van der Waals surface area contributed by atoms with E-state index in [0.29, 0.717) is 21.3 Å². The van der Waals surface area contributed by atoms with E-state index in [-0.39, 0.29) is 22.3 Å². The Labute approximate surface area is 223 Å². The van der Waals surface area contributed by atoms with Gasteiger partial charge in [-0.15, -0.1) is 0 Å². The largest absolute Gasteiger partial charge is 0.490 e. The average molecular weight is 614 g/mol. The van der Waals surface area contributed by atoms with Gasteiger partial charge in [-0.1, -0.05) is 54.1 Å². The van der Waals surface area contributed by atoms with Crippen molar-refractivity contribution in [3.63, 3.8) is 0 Å². The normalized spacial score (nSPS) is 11.5. The molecule has 1 N–H and O–H groups in total. The molecule has 0 unspecified atom stereocenters. The van der Waals surface area contributed by atoms with Crippen molar-refractivity contribution in [2.24, 2.45) is 5.10 Å². The maximum absolute atomic E-state index is 12.8. The first-order valence-corrected chi connectivity index (χ1v) is 13.6. The lowest BCUT2D eigenvalue weighted by molar-refractivity contribution is 0.0956. The molecule has 7 nitrogen and oxygen atoms in total. The summed E-state index contributed by atoms with van der Waals surface area (Å²) in [7, 11) is -4.06. The molecule has 184 valence electrons. The molecule has 4 rings (SSSR count). The van der Waals surface area contributed by atoms with E-state index in [1.54, 1.807) is 37.3 Å². The predicted molar refractivity (Wildman–Crippen MR) is 148 cm³/mol. The van der Waals surface area contributed by atoms with Gasteiger partial charge in [0.25, 0.3) is 5.91 Å². The maximum atomic E-state index is 12.8. The van der Waals surface area contributed by atoms with Gasteiger partial charge in [0.2, 0.25) is 0 Å². The summed E-state index contributed by atoms with van der Waals surface area (Å²) < 4.78 is 37.3. The van der Waals surface area contributed by atoms with Crippen LogP contribution in [0.1, 0.15) is 28.4 Å². The highest BCUT2D eigenvalue weighted by atomic mass is 127. The van der Waals surface area contributed by atoms with E-state index in [1.807, 2.05) is 65.9 Å². The molecule has 0 radical (unpaired) electrons. The molecular formula is C27H23IN2O5S. The van der Waals surface area contributed by atoms with Gasteiger partial charge >= 0.3 is 10.1 Å². The molecule has 0 aliphatic rings. The number of carbonyl (C=O) groups is 1. The summed E-state index contributed by atoms with van der Waals surface area (Å²) in [6.07, 6.45) is 1.46. The molecule has 9 heteroatoms. The van der Waals surface area contributed by atoms with Crippen molar-refractivity contribution in [1.29, 1.82) is 0 Å². The second kappa shape index (κ2) is 11.1. The van der Waals surface area contributed by atoms with Gasteiger partial charge in [-0.25, -0.2) is 5.43 Å². The van der Waals surface area contributed by atoms with E-state index in [0.717, 1.165) is 16.3 Å². The van der Waals surface area contributed by atoms with Crippen LogP contribution in [0, 0.1) is 10.5 Å². The number of halogens is 1. The zero-order chi connectivity index (χ0) is 25.7. The number of fused-ring (bicyclic) bond motifs is 1. The highest BCUT2D eigenvalue weighted by molar-refractivity contribution is 14.1. The Morgan fingerprint density at radius 1 is 1.03 bits per heavy atom.